The van der Waals surface area contributed by atoms with Gasteiger partial charge in [0.15, 0.2) is 0 Å². The molecular formula is C15H24N2O2S. The molecule has 0 radical (unpaired) electrons. The molecule has 1 fully saturated rings. The van der Waals surface area contributed by atoms with Gasteiger partial charge in [0.1, 0.15) is 5.60 Å². The van der Waals surface area contributed by atoms with Crippen molar-refractivity contribution in [2.75, 3.05) is 6.54 Å². The SMILES string of the molecule is CC(C)(C)OC(=O)NCC1CCC(c2nccs2)CC1. The molecule has 1 heterocycles. The zero-order valence-corrected chi connectivity index (χ0v) is 13.3. The van der Waals surface area contributed by atoms with Crippen LogP contribution in [0.5, 0.6) is 0 Å². The normalized spacial score (nSPS) is 23.4. The third-order valence-corrected chi connectivity index (χ3v) is 4.52. The van der Waals surface area contributed by atoms with Crippen molar-refractivity contribution in [3.05, 3.63) is 16.6 Å². The van der Waals surface area contributed by atoms with Gasteiger partial charge >= 0.3 is 6.09 Å². The van der Waals surface area contributed by atoms with Crippen molar-refractivity contribution < 1.29 is 9.53 Å². The summed E-state index contributed by atoms with van der Waals surface area (Å²) >= 11 is 1.75. The Morgan fingerprint density at radius 2 is 2.10 bits per heavy atom. The molecule has 1 N–H and O–H groups in total. The third-order valence-electron chi connectivity index (χ3n) is 3.58. The molecular weight excluding hydrogens is 272 g/mol. The molecule has 4 nitrogen and oxygen atoms in total. The Balaban J connectivity index is 1.68. The van der Waals surface area contributed by atoms with E-state index < -0.39 is 5.60 Å². The zero-order valence-electron chi connectivity index (χ0n) is 12.5. The highest BCUT2D eigenvalue weighted by molar-refractivity contribution is 7.09. The lowest BCUT2D eigenvalue weighted by Crippen LogP contribution is -2.36. The molecule has 20 heavy (non-hydrogen) atoms. The predicted molar refractivity (Wildman–Crippen MR) is 81.0 cm³/mol. The molecule has 1 aromatic heterocycles. The Labute approximate surface area is 124 Å². The van der Waals surface area contributed by atoms with Gasteiger partial charge in [-0.1, -0.05) is 0 Å². The highest BCUT2D eigenvalue weighted by Crippen LogP contribution is 2.36. The Hall–Kier alpha value is -1.10. The van der Waals surface area contributed by atoms with Crippen LogP contribution in [0.1, 0.15) is 57.4 Å². The summed E-state index contributed by atoms with van der Waals surface area (Å²) in [7, 11) is 0. The molecule has 0 aliphatic heterocycles. The fourth-order valence-corrected chi connectivity index (χ4v) is 3.40. The van der Waals surface area contributed by atoms with E-state index in [0.717, 1.165) is 19.4 Å². The summed E-state index contributed by atoms with van der Waals surface area (Å²) in [4.78, 5) is 16.0. The number of nitrogens with zero attached hydrogens (tertiary/aromatic N) is 1. The van der Waals surface area contributed by atoms with E-state index in [1.165, 1.54) is 17.8 Å². The molecule has 0 spiro atoms. The Morgan fingerprint density at radius 3 is 2.65 bits per heavy atom. The van der Waals surface area contributed by atoms with E-state index in [1.807, 2.05) is 32.3 Å². The standard InChI is InChI=1S/C15H24N2O2S/c1-15(2,3)19-14(18)17-10-11-4-6-12(7-5-11)13-16-8-9-20-13/h8-9,11-12H,4-7,10H2,1-3H3,(H,17,18). The molecule has 0 unspecified atom stereocenters. The average Bonchev–Trinajstić information content (AvgIpc) is 2.89. The van der Waals surface area contributed by atoms with E-state index in [2.05, 4.69) is 10.3 Å². The van der Waals surface area contributed by atoms with Crippen LogP contribution in [0.4, 0.5) is 4.79 Å². The van der Waals surface area contributed by atoms with E-state index in [-0.39, 0.29) is 6.09 Å². The highest BCUT2D eigenvalue weighted by Gasteiger charge is 2.24. The van der Waals surface area contributed by atoms with Gasteiger partial charge in [0, 0.05) is 24.0 Å². The van der Waals surface area contributed by atoms with Gasteiger partial charge in [0.25, 0.3) is 0 Å². The number of hydrogen-bond acceptors (Lipinski definition) is 4. The van der Waals surface area contributed by atoms with Gasteiger partial charge in [-0.05, 0) is 52.4 Å². The fourth-order valence-electron chi connectivity index (χ4n) is 2.59. The summed E-state index contributed by atoms with van der Waals surface area (Å²) in [6.07, 6.45) is 6.23. The topological polar surface area (TPSA) is 51.2 Å². The number of carbonyl (C=O) groups is 1. The van der Waals surface area contributed by atoms with E-state index in [0.29, 0.717) is 11.8 Å². The van der Waals surface area contributed by atoms with E-state index in [9.17, 15) is 4.79 Å². The number of thiazole rings is 1. The van der Waals surface area contributed by atoms with E-state index in [4.69, 9.17) is 4.74 Å². The first-order valence-electron chi connectivity index (χ1n) is 7.30. The van der Waals surface area contributed by atoms with Crippen molar-refractivity contribution >= 4 is 17.4 Å². The molecule has 2 rings (SSSR count). The molecule has 0 saturated heterocycles. The quantitative estimate of drug-likeness (QED) is 0.919. The number of hydrogen-bond donors (Lipinski definition) is 1. The number of carbonyl (C=O) groups excluding carboxylic acids is 1. The summed E-state index contributed by atoms with van der Waals surface area (Å²) in [6.45, 7) is 6.36. The summed E-state index contributed by atoms with van der Waals surface area (Å²) in [5.74, 6) is 1.19. The summed E-state index contributed by atoms with van der Waals surface area (Å²) in [6, 6.07) is 0. The molecule has 112 valence electrons. The van der Waals surface area contributed by atoms with Gasteiger partial charge in [0.2, 0.25) is 0 Å². The van der Waals surface area contributed by atoms with Crippen LogP contribution in [0.25, 0.3) is 0 Å². The molecule has 1 aliphatic carbocycles. The van der Waals surface area contributed by atoms with E-state index >= 15 is 0 Å². The van der Waals surface area contributed by atoms with Crippen molar-refractivity contribution in [2.24, 2.45) is 5.92 Å². The zero-order chi connectivity index (χ0) is 14.6. The van der Waals surface area contributed by atoms with E-state index in [1.54, 1.807) is 11.3 Å². The smallest absolute Gasteiger partial charge is 0.407 e. The minimum atomic E-state index is -0.424. The first kappa shape index (κ1) is 15.3. The monoisotopic (exact) mass is 296 g/mol. The van der Waals surface area contributed by atoms with Crippen LogP contribution in [-0.4, -0.2) is 23.2 Å². The summed E-state index contributed by atoms with van der Waals surface area (Å²) < 4.78 is 5.25. The molecule has 5 heteroatoms. The highest BCUT2D eigenvalue weighted by atomic mass is 32.1. The second kappa shape index (κ2) is 6.57. The largest absolute Gasteiger partial charge is 0.444 e. The minimum absolute atomic E-state index is 0.306. The lowest BCUT2D eigenvalue weighted by atomic mass is 9.82. The Morgan fingerprint density at radius 1 is 1.40 bits per heavy atom. The van der Waals surface area contributed by atoms with Gasteiger partial charge in [-0.2, -0.15) is 0 Å². The average molecular weight is 296 g/mol. The predicted octanol–water partition coefficient (Wildman–Crippen LogP) is 3.94. The lowest BCUT2D eigenvalue weighted by Gasteiger charge is -2.28. The van der Waals surface area contributed by atoms with Crippen molar-refractivity contribution in [3.8, 4) is 0 Å². The molecule has 1 saturated carbocycles. The molecule has 1 aliphatic rings. The maximum absolute atomic E-state index is 11.6. The molecule has 0 bridgehead atoms. The van der Waals surface area contributed by atoms with Crippen molar-refractivity contribution in [1.29, 1.82) is 0 Å². The number of amides is 1. The van der Waals surface area contributed by atoms with Gasteiger partial charge in [-0.25, -0.2) is 9.78 Å². The number of aromatic nitrogens is 1. The third kappa shape index (κ3) is 4.78. The van der Waals surface area contributed by atoms with Crippen LogP contribution in [0, 0.1) is 5.92 Å². The molecule has 0 aromatic carbocycles. The number of nitrogens with one attached hydrogen (secondary N) is 1. The summed E-state index contributed by atoms with van der Waals surface area (Å²) in [5.41, 5.74) is -0.424. The van der Waals surface area contributed by atoms with Crippen molar-refractivity contribution in [1.82, 2.24) is 10.3 Å². The van der Waals surface area contributed by atoms with Crippen LogP contribution in [-0.2, 0) is 4.74 Å². The van der Waals surface area contributed by atoms with Gasteiger partial charge in [-0.3, -0.25) is 0 Å². The van der Waals surface area contributed by atoms with Crippen LogP contribution in [0.2, 0.25) is 0 Å². The second-order valence-electron chi connectivity index (χ2n) is 6.47. The van der Waals surface area contributed by atoms with Gasteiger partial charge in [0.05, 0.1) is 5.01 Å². The first-order valence-corrected chi connectivity index (χ1v) is 8.18. The minimum Gasteiger partial charge on any atom is -0.444 e. The summed E-state index contributed by atoms with van der Waals surface area (Å²) in [5, 5.41) is 6.20. The van der Waals surface area contributed by atoms with Crippen molar-refractivity contribution in [2.45, 2.75) is 58.0 Å². The van der Waals surface area contributed by atoms with Crippen molar-refractivity contribution in [3.63, 3.8) is 0 Å². The first-order chi connectivity index (χ1) is 9.44. The Kier molecular flexibility index (Phi) is 5.02. The Bertz CT molecular complexity index is 418. The van der Waals surface area contributed by atoms with Gasteiger partial charge in [-0.15, -0.1) is 11.3 Å². The number of ether oxygens (including phenoxy) is 1. The molecule has 1 aromatic rings. The van der Waals surface area contributed by atoms with Gasteiger partial charge < -0.3 is 10.1 Å². The van der Waals surface area contributed by atoms with Crippen LogP contribution in [0.15, 0.2) is 11.6 Å². The van der Waals surface area contributed by atoms with Crippen LogP contribution < -0.4 is 5.32 Å². The molecule has 0 atom stereocenters. The van der Waals surface area contributed by atoms with Crippen LogP contribution in [0.3, 0.4) is 0 Å². The number of rotatable bonds is 3. The van der Waals surface area contributed by atoms with Crippen LogP contribution >= 0.6 is 11.3 Å². The number of alkyl carbamates (subject to hydrolysis) is 1. The fraction of sp³-hybridized carbons (Fsp3) is 0.733. The maximum Gasteiger partial charge on any atom is 0.407 e. The second-order valence-corrected chi connectivity index (χ2v) is 7.40. The maximum atomic E-state index is 11.6. The lowest BCUT2D eigenvalue weighted by molar-refractivity contribution is 0.0514. The molecule has 1 amide bonds.